The number of halogens is 1. The molecular weight excluding hydrogens is 356 g/mol. The zero-order valence-corrected chi connectivity index (χ0v) is 14.1. The van der Waals surface area contributed by atoms with Crippen molar-refractivity contribution in [3.8, 4) is 0 Å². The molecule has 2 amide bonds. The van der Waals surface area contributed by atoms with Gasteiger partial charge in [0.05, 0.1) is 11.2 Å². The van der Waals surface area contributed by atoms with E-state index in [1.807, 2.05) is 0 Å². The maximum Gasteiger partial charge on any atom is 0.287 e. The van der Waals surface area contributed by atoms with Crippen LogP contribution < -0.4 is 10.6 Å². The lowest BCUT2D eigenvalue weighted by molar-refractivity contribution is -0.118. The van der Waals surface area contributed by atoms with Gasteiger partial charge >= 0.3 is 0 Å². The van der Waals surface area contributed by atoms with E-state index in [-0.39, 0.29) is 23.7 Å². The van der Waals surface area contributed by atoms with Gasteiger partial charge in [0.2, 0.25) is 5.91 Å². The molecule has 2 rings (SSSR count). The lowest BCUT2D eigenvalue weighted by Crippen LogP contribution is -2.37. The number of carbonyl (C=O) groups excluding carboxylic acids is 2. The molecule has 0 atom stereocenters. The van der Waals surface area contributed by atoms with Crippen LogP contribution in [0.3, 0.4) is 0 Å². The van der Waals surface area contributed by atoms with E-state index < -0.39 is 27.4 Å². The Hall–Kier alpha value is -2.32. The monoisotopic (exact) mass is 370 g/mol. The van der Waals surface area contributed by atoms with Crippen LogP contribution in [0, 0.1) is 0 Å². The third-order valence-electron chi connectivity index (χ3n) is 2.97. The predicted octanol–water partition coefficient (Wildman–Crippen LogP) is 1.25. The zero-order valence-electron chi connectivity index (χ0n) is 12.5. The SMILES string of the molecule is O=C(CS(=O)(=O)c1ccc(Cl)cc1)NCCNC(=O)c1ccco1. The van der Waals surface area contributed by atoms with Crippen molar-refractivity contribution in [1.82, 2.24) is 10.6 Å². The van der Waals surface area contributed by atoms with Gasteiger partial charge in [-0.05, 0) is 36.4 Å². The predicted molar refractivity (Wildman–Crippen MR) is 87.6 cm³/mol. The summed E-state index contributed by atoms with van der Waals surface area (Å²) in [6.07, 6.45) is 1.37. The average Bonchev–Trinajstić information content (AvgIpc) is 3.06. The molecule has 0 aliphatic heterocycles. The fourth-order valence-electron chi connectivity index (χ4n) is 1.82. The number of carbonyl (C=O) groups is 2. The van der Waals surface area contributed by atoms with E-state index in [1.54, 1.807) is 6.07 Å². The van der Waals surface area contributed by atoms with E-state index in [1.165, 1.54) is 36.6 Å². The molecule has 0 spiro atoms. The number of rotatable bonds is 7. The molecule has 1 heterocycles. The van der Waals surface area contributed by atoms with E-state index in [4.69, 9.17) is 16.0 Å². The number of hydrogen-bond donors (Lipinski definition) is 2. The van der Waals surface area contributed by atoms with Crippen molar-refractivity contribution in [2.75, 3.05) is 18.8 Å². The molecule has 9 heteroatoms. The molecule has 0 aliphatic carbocycles. The molecule has 0 radical (unpaired) electrons. The molecule has 1 aromatic carbocycles. The fraction of sp³-hybridized carbons (Fsp3) is 0.200. The Morgan fingerprint density at radius 2 is 1.71 bits per heavy atom. The summed E-state index contributed by atoms with van der Waals surface area (Å²) < 4.78 is 29.0. The van der Waals surface area contributed by atoms with Crippen molar-refractivity contribution in [3.63, 3.8) is 0 Å². The van der Waals surface area contributed by atoms with Crippen LogP contribution in [0.5, 0.6) is 0 Å². The lowest BCUT2D eigenvalue weighted by Gasteiger charge is -2.07. The topological polar surface area (TPSA) is 105 Å². The first-order valence-electron chi connectivity index (χ1n) is 6.95. The Morgan fingerprint density at radius 3 is 2.33 bits per heavy atom. The van der Waals surface area contributed by atoms with Crippen LogP contribution in [-0.2, 0) is 14.6 Å². The summed E-state index contributed by atoms with van der Waals surface area (Å²) in [5.41, 5.74) is 0. The van der Waals surface area contributed by atoms with Crippen LogP contribution in [0.1, 0.15) is 10.6 Å². The molecule has 0 aliphatic rings. The van der Waals surface area contributed by atoms with E-state index in [9.17, 15) is 18.0 Å². The minimum Gasteiger partial charge on any atom is -0.459 e. The zero-order chi connectivity index (χ0) is 17.6. The van der Waals surface area contributed by atoms with Gasteiger partial charge in [-0.2, -0.15) is 0 Å². The van der Waals surface area contributed by atoms with Crippen molar-refractivity contribution in [2.24, 2.45) is 0 Å². The summed E-state index contributed by atoms with van der Waals surface area (Å²) in [5, 5.41) is 5.37. The van der Waals surface area contributed by atoms with Gasteiger partial charge in [-0.1, -0.05) is 11.6 Å². The third kappa shape index (κ3) is 5.10. The van der Waals surface area contributed by atoms with Crippen molar-refractivity contribution >= 4 is 33.3 Å². The second-order valence-corrected chi connectivity index (χ2v) is 7.22. The first-order chi connectivity index (χ1) is 11.4. The molecule has 0 fully saturated rings. The van der Waals surface area contributed by atoms with Gasteiger partial charge in [0.1, 0.15) is 5.75 Å². The van der Waals surface area contributed by atoms with Crippen LogP contribution in [0.2, 0.25) is 5.02 Å². The highest BCUT2D eigenvalue weighted by atomic mass is 35.5. The average molecular weight is 371 g/mol. The summed E-state index contributed by atoms with van der Waals surface area (Å²) in [7, 11) is -3.74. The Balaban J connectivity index is 1.76. The molecule has 0 saturated heterocycles. The quantitative estimate of drug-likeness (QED) is 0.713. The van der Waals surface area contributed by atoms with Gasteiger partial charge in [-0.15, -0.1) is 0 Å². The molecule has 0 unspecified atom stereocenters. The summed E-state index contributed by atoms with van der Waals surface area (Å²) in [5.74, 6) is -1.59. The molecule has 128 valence electrons. The van der Waals surface area contributed by atoms with E-state index in [0.29, 0.717) is 5.02 Å². The van der Waals surface area contributed by atoms with Gasteiger partial charge in [-0.25, -0.2) is 8.42 Å². The van der Waals surface area contributed by atoms with Gasteiger partial charge in [0.15, 0.2) is 15.6 Å². The second kappa shape index (κ2) is 7.98. The van der Waals surface area contributed by atoms with Crippen LogP contribution in [-0.4, -0.2) is 39.1 Å². The van der Waals surface area contributed by atoms with Crippen LogP contribution in [0.15, 0.2) is 52.0 Å². The highest BCUT2D eigenvalue weighted by molar-refractivity contribution is 7.92. The van der Waals surface area contributed by atoms with Crippen LogP contribution in [0.25, 0.3) is 0 Å². The number of furan rings is 1. The highest BCUT2D eigenvalue weighted by Gasteiger charge is 2.19. The molecule has 0 saturated carbocycles. The summed E-state index contributed by atoms with van der Waals surface area (Å²) in [4.78, 5) is 23.3. The first-order valence-corrected chi connectivity index (χ1v) is 8.98. The standard InChI is InChI=1S/C15H15ClN2O5S/c16-11-3-5-12(6-4-11)24(21,22)10-14(19)17-7-8-18-15(20)13-2-1-9-23-13/h1-6,9H,7-8,10H2,(H,17,19)(H,18,20). The Labute approximate surface area is 143 Å². The van der Waals surface area contributed by atoms with Crippen molar-refractivity contribution < 1.29 is 22.4 Å². The molecule has 1 aromatic heterocycles. The van der Waals surface area contributed by atoms with Gasteiger partial charge in [-0.3, -0.25) is 9.59 Å². The molecular formula is C15H15ClN2O5S. The van der Waals surface area contributed by atoms with Crippen LogP contribution in [0.4, 0.5) is 0 Å². The summed E-state index contributed by atoms with van der Waals surface area (Å²) >= 11 is 5.70. The van der Waals surface area contributed by atoms with Gasteiger partial charge in [0, 0.05) is 18.1 Å². The maximum absolute atomic E-state index is 12.1. The van der Waals surface area contributed by atoms with E-state index in [0.717, 1.165) is 0 Å². The highest BCUT2D eigenvalue weighted by Crippen LogP contribution is 2.15. The summed E-state index contributed by atoms with van der Waals surface area (Å²) in [6.45, 7) is 0.244. The second-order valence-electron chi connectivity index (χ2n) is 4.80. The third-order valence-corrected chi connectivity index (χ3v) is 4.86. The molecule has 7 nitrogen and oxygen atoms in total. The van der Waals surface area contributed by atoms with Crippen molar-refractivity contribution in [3.05, 3.63) is 53.4 Å². The Kier molecular flexibility index (Phi) is 5.99. The molecule has 2 aromatic rings. The number of sulfone groups is 1. The number of amides is 2. The number of benzene rings is 1. The molecule has 2 N–H and O–H groups in total. The Bertz CT molecular complexity index is 801. The minimum absolute atomic E-state index is 0.0215. The van der Waals surface area contributed by atoms with E-state index in [2.05, 4.69) is 10.6 Å². The number of hydrogen-bond acceptors (Lipinski definition) is 5. The molecule has 0 bridgehead atoms. The van der Waals surface area contributed by atoms with Crippen molar-refractivity contribution in [1.29, 1.82) is 0 Å². The number of nitrogens with one attached hydrogen (secondary N) is 2. The van der Waals surface area contributed by atoms with Gasteiger partial charge < -0.3 is 15.1 Å². The maximum atomic E-state index is 12.1. The molecule has 24 heavy (non-hydrogen) atoms. The smallest absolute Gasteiger partial charge is 0.287 e. The van der Waals surface area contributed by atoms with Gasteiger partial charge in [0.25, 0.3) is 5.91 Å². The first kappa shape index (κ1) is 18.0. The minimum atomic E-state index is -3.74. The largest absolute Gasteiger partial charge is 0.459 e. The fourth-order valence-corrected chi connectivity index (χ4v) is 3.11. The summed E-state index contributed by atoms with van der Waals surface area (Å²) in [6, 6.07) is 8.65. The lowest BCUT2D eigenvalue weighted by atomic mass is 10.4. The van der Waals surface area contributed by atoms with E-state index >= 15 is 0 Å². The van der Waals surface area contributed by atoms with Crippen molar-refractivity contribution in [2.45, 2.75) is 4.90 Å². The Morgan fingerprint density at radius 1 is 1.04 bits per heavy atom. The van der Waals surface area contributed by atoms with Crippen LogP contribution >= 0.6 is 11.6 Å². The normalized spacial score (nSPS) is 11.0.